The third kappa shape index (κ3) is 1.84. The van der Waals surface area contributed by atoms with E-state index in [1.807, 2.05) is 60.7 Å². The van der Waals surface area contributed by atoms with Crippen molar-refractivity contribution in [2.24, 2.45) is 5.92 Å². The van der Waals surface area contributed by atoms with Crippen molar-refractivity contribution in [3.63, 3.8) is 0 Å². The number of nitrogens with zero attached hydrogens (tertiary/aromatic N) is 1. The third-order valence-electron chi connectivity index (χ3n) is 3.82. The molecule has 0 N–H and O–H groups in total. The van der Waals surface area contributed by atoms with Gasteiger partial charge in [0.25, 0.3) is 0 Å². The first-order valence-electron chi connectivity index (χ1n) is 6.34. The van der Waals surface area contributed by atoms with Crippen LogP contribution in [0.25, 0.3) is 0 Å². The SMILES string of the molecule is N#C[C@]1(c2ccccc2)C[C@@H]1C(=O)c1ccccc1. The Kier molecular flexibility index (Phi) is 2.68. The molecule has 2 aromatic rings. The van der Waals surface area contributed by atoms with E-state index in [0.717, 1.165) is 5.56 Å². The largest absolute Gasteiger partial charge is 0.294 e. The molecular formula is C17H13NO. The van der Waals surface area contributed by atoms with Gasteiger partial charge in [0.1, 0.15) is 0 Å². The molecule has 0 bridgehead atoms. The summed E-state index contributed by atoms with van der Waals surface area (Å²) in [5.74, 6) is -0.131. The second-order valence-electron chi connectivity index (χ2n) is 4.94. The highest BCUT2D eigenvalue weighted by molar-refractivity contribution is 6.01. The topological polar surface area (TPSA) is 40.9 Å². The van der Waals surface area contributed by atoms with Gasteiger partial charge in [0, 0.05) is 11.5 Å². The van der Waals surface area contributed by atoms with E-state index in [0.29, 0.717) is 12.0 Å². The summed E-state index contributed by atoms with van der Waals surface area (Å²) >= 11 is 0. The van der Waals surface area contributed by atoms with Gasteiger partial charge < -0.3 is 0 Å². The van der Waals surface area contributed by atoms with E-state index in [-0.39, 0.29) is 11.7 Å². The summed E-state index contributed by atoms with van der Waals surface area (Å²) in [6, 6.07) is 21.2. The zero-order valence-corrected chi connectivity index (χ0v) is 10.4. The van der Waals surface area contributed by atoms with Crippen molar-refractivity contribution in [3.8, 4) is 6.07 Å². The van der Waals surface area contributed by atoms with Gasteiger partial charge in [-0.1, -0.05) is 60.7 Å². The number of hydrogen-bond acceptors (Lipinski definition) is 2. The van der Waals surface area contributed by atoms with Gasteiger partial charge in [0.05, 0.1) is 11.5 Å². The zero-order valence-electron chi connectivity index (χ0n) is 10.4. The van der Waals surface area contributed by atoms with Gasteiger partial charge in [0.15, 0.2) is 5.78 Å². The van der Waals surface area contributed by atoms with Crippen LogP contribution in [0.2, 0.25) is 0 Å². The van der Waals surface area contributed by atoms with Crippen LogP contribution in [-0.2, 0) is 5.41 Å². The summed E-state index contributed by atoms with van der Waals surface area (Å²) in [7, 11) is 0. The monoisotopic (exact) mass is 247 g/mol. The van der Waals surface area contributed by atoms with Crippen molar-refractivity contribution in [3.05, 3.63) is 71.8 Å². The van der Waals surface area contributed by atoms with Crippen LogP contribution < -0.4 is 0 Å². The van der Waals surface area contributed by atoms with Gasteiger partial charge in [-0.3, -0.25) is 4.79 Å². The number of carbonyl (C=O) groups excluding carboxylic acids is 1. The lowest BCUT2D eigenvalue weighted by atomic mass is 9.92. The van der Waals surface area contributed by atoms with E-state index in [1.165, 1.54) is 0 Å². The molecule has 0 unspecified atom stereocenters. The molecule has 2 atom stereocenters. The number of rotatable bonds is 3. The van der Waals surface area contributed by atoms with Crippen LogP contribution in [0, 0.1) is 17.2 Å². The van der Waals surface area contributed by atoms with Gasteiger partial charge in [0.2, 0.25) is 0 Å². The highest BCUT2D eigenvalue weighted by Crippen LogP contribution is 2.55. The Labute approximate surface area is 112 Å². The summed E-state index contributed by atoms with van der Waals surface area (Å²) < 4.78 is 0. The van der Waals surface area contributed by atoms with Gasteiger partial charge >= 0.3 is 0 Å². The minimum Gasteiger partial charge on any atom is -0.294 e. The molecule has 2 heteroatoms. The summed E-state index contributed by atoms with van der Waals surface area (Å²) in [5, 5.41) is 9.47. The van der Waals surface area contributed by atoms with Crippen molar-refractivity contribution in [2.75, 3.05) is 0 Å². The van der Waals surface area contributed by atoms with Gasteiger partial charge in [-0.2, -0.15) is 5.26 Å². The van der Waals surface area contributed by atoms with Crippen LogP contribution in [0.4, 0.5) is 0 Å². The standard InChI is InChI=1S/C17H13NO/c18-12-17(14-9-5-2-6-10-14)11-15(17)16(19)13-7-3-1-4-8-13/h1-10,15H,11H2/t15-,17+/m1/s1. The first-order valence-corrected chi connectivity index (χ1v) is 6.34. The number of hydrogen-bond donors (Lipinski definition) is 0. The Morgan fingerprint density at radius 3 is 2.21 bits per heavy atom. The van der Waals surface area contributed by atoms with E-state index < -0.39 is 5.41 Å². The van der Waals surface area contributed by atoms with Crippen LogP contribution in [0.1, 0.15) is 22.3 Å². The molecule has 1 fully saturated rings. The Morgan fingerprint density at radius 2 is 1.63 bits per heavy atom. The molecule has 2 aromatic carbocycles. The van der Waals surface area contributed by atoms with Crippen molar-refractivity contribution in [1.29, 1.82) is 5.26 Å². The lowest BCUT2D eigenvalue weighted by molar-refractivity contribution is 0.0961. The number of Topliss-reactive ketones (excluding diaryl/α,β-unsaturated/α-hetero) is 1. The van der Waals surface area contributed by atoms with Crippen LogP contribution in [-0.4, -0.2) is 5.78 Å². The quantitative estimate of drug-likeness (QED) is 0.780. The Hall–Kier alpha value is -2.40. The molecule has 0 spiro atoms. The Balaban J connectivity index is 1.91. The Morgan fingerprint density at radius 1 is 1.05 bits per heavy atom. The lowest BCUT2D eigenvalue weighted by Gasteiger charge is -2.08. The lowest BCUT2D eigenvalue weighted by Crippen LogP contribution is -2.13. The Bertz CT molecular complexity index is 642. The maximum Gasteiger partial charge on any atom is 0.167 e. The molecule has 1 aliphatic carbocycles. The molecule has 2 nitrogen and oxygen atoms in total. The summed E-state index contributed by atoms with van der Waals surface area (Å²) in [4.78, 5) is 12.4. The first kappa shape index (κ1) is 11.7. The molecule has 1 aliphatic rings. The van der Waals surface area contributed by atoms with Gasteiger partial charge in [-0.05, 0) is 12.0 Å². The van der Waals surface area contributed by atoms with Crippen LogP contribution in [0.5, 0.6) is 0 Å². The predicted octanol–water partition coefficient (Wildman–Crippen LogP) is 3.35. The van der Waals surface area contributed by atoms with Crippen molar-refractivity contribution < 1.29 is 4.79 Å². The zero-order chi connectivity index (χ0) is 13.3. The summed E-state index contributed by atoms with van der Waals surface area (Å²) in [6.45, 7) is 0. The normalized spacial score (nSPS) is 24.5. The molecule has 0 amide bonds. The molecule has 19 heavy (non-hydrogen) atoms. The van der Waals surface area contributed by atoms with Crippen LogP contribution in [0.3, 0.4) is 0 Å². The van der Waals surface area contributed by atoms with Crippen LogP contribution >= 0.6 is 0 Å². The van der Waals surface area contributed by atoms with Gasteiger partial charge in [-0.15, -0.1) is 0 Å². The molecular weight excluding hydrogens is 234 g/mol. The molecule has 0 saturated heterocycles. The van der Waals surface area contributed by atoms with Crippen molar-refractivity contribution in [1.82, 2.24) is 0 Å². The molecule has 1 saturated carbocycles. The van der Waals surface area contributed by atoms with Crippen molar-refractivity contribution >= 4 is 5.78 Å². The third-order valence-corrected chi connectivity index (χ3v) is 3.82. The fourth-order valence-corrected chi connectivity index (χ4v) is 2.63. The second-order valence-corrected chi connectivity index (χ2v) is 4.94. The predicted molar refractivity (Wildman–Crippen MR) is 72.6 cm³/mol. The highest BCUT2D eigenvalue weighted by atomic mass is 16.1. The highest BCUT2D eigenvalue weighted by Gasteiger charge is 2.59. The average molecular weight is 247 g/mol. The second kappa shape index (κ2) is 4.37. The molecule has 0 heterocycles. The molecule has 3 rings (SSSR count). The number of carbonyl (C=O) groups is 1. The van der Waals surface area contributed by atoms with E-state index >= 15 is 0 Å². The number of nitriles is 1. The minimum atomic E-state index is -0.617. The molecule has 0 radical (unpaired) electrons. The van der Waals surface area contributed by atoms with Crippen LogP contribution in [0.15, 0.2) is 60.7 Å². The van der Waals surface area contributed by atoms with E-state index in [4.69, 9.17) is 0 Å². The maximum absolute atomic E-state index is 12.4. The van der Waals surface area contributed by atoms with Crippen molar-refractivity contribution in [2.45, 2.75) is 11.8 Å². The fourth-order valence-electron chi connectivity index (χ4n) is 2.63. The molecule has 0 aromatic heterocycles. The van der Waals surface area contributed by atoms with E-state index in [1.54, 1.807) is 0 Å². The number of benzene rings is 2. The first-order chi connectivity index (χ1) is 9.28. The fraction of sp³-hybridized carbons (Fsp3) is 0.176. The van der Waals surface area contributed by atoms with E-state index in [2.05, 4.69) is 6.07 Å². The molecule has 92 valence electrons. The average Bonchev–Trinajstić information content (AvgIpc) is 3.24. The minimum absolute atomic E-state index is 0.0750. The molecule has 0 aliphatic heterocycles. The smallest absolute Gasteiger partial charge is 0.167 e. The summed E-state index contributed by atoms with van der Waals surface area (Å²) in [6.07, 6.45) is 0.626. The van der Waals surface area contributed by atoms with E-state index in [9.17, 15) is 10.1 Å². The maximum atomic E-state index is 12.4. The van der Waals surface area contributed by atoms with Gasteiger partial charge in [-0.25, -0.2) is 0 Å². The number of ketones is 1. The summed E-state index contributed by atoms with van der Waals surface area (Å²) in [5.41, 5.74) is 1.03.